The molecule has 3 nitrogen and oxygen atoms in total. The highest BCUT2D eigenvalue weighted by Crippen LogP contribution is 2.19. The van der Waals surface area contributed by atoms with Gasteiger partial charge in [-0.05, 0) is 24.9 Å². The molecule has 1 aromatic carbocycles. The zero-order valence-corrected chi connectivity index (χ0v) is 10.6. The van der Waals surface area contributed by atoms with E-state index in [9.17, 15) is 4.79 Å². The van der Waals surface area contributed by atoms with Gasteiger partial charge in [0.25, 0.3) is 0 Å². The van der Waals surface area contributed by atoms with Crippen molar-refractivity contribution in [3.05, 3.63) is 35.9 Å². The van der Waals surface area contributed by atoms with Gasteiger partial charge in [-0.25, -0.2) is 0 Å². The van der Waals surface area contributed by atoms with E-state index in [-0.39, 0.29) is 6.42 Å². The second-order valence-electron chi connectivity index (χ2n) is 4.42. The van der Waals surface area contributed by atoms with E-state index in [0.717, 1.165) is 13.0 Å². The summed E-state index contributed by atoms with van der Waals surface area (Å²) in [4.78, 5) is 12.6. The van der Waals surface area contributed by atoms with Crippen LogP contribution in [0.15, 0.2) is 30.3 Å². The number of carbonyl (C=O) groups is 1. The standard InChI is InChI=1S/C14H21NO2/c1-3-12(13-7-5-4-6-8-13)11-15(2)10-9-14(16)17/h4-8,12H,3,9-11H2,1-2H3,(H,16,17). The summed E-state index contributed by atoms with van der Waals surface area (Å²) < 4.78 is 0. The van der Waals surface area contributed by atoms with Crippen molar-refractivity contribution in [2.45, 2.75) is 25.7 Å². The van der Waals surface area contributed by atoms with Crippen LogP contribution < -0.4 is 0 Å². The number of benzene rings is 1. The first kappa shape index (κ1) is 13.7. The summed E-state index contributed by atoms with van der Waals surface area (Å²) in [6.45, 7) is 3.69. The molecule has 0 radical (unpaired) electrons. The molecule has 94 valence electrons. The Balaban J connectivity index is 2.49. The van der Waals surface area contributed by atoms with Crippen LogP contribution in [-0.2, 0) is 4.79 Å². The third kappa shape index (κ3) is 5.00. The Labute approximate surface area is 103 Å². The molecular weight excluding hydrogens is 214 g/mol. The minimum atomic E-state index is -0.732. The van der Waals surface area contributed by atoms with Gasteiger partial charge in [-0.2, -0.15) is 0 Å². The van der Waals surface area contributed by atoms with Crippen molar-refractivity contribution in [2.24, 2.45) is 0 Å². The molecule has 3 heteroatoms. The van der Waals surface area contributed by atoms with Gasteiger partial charge in [0.1, 0.15) is 0 Å². The molecule has 1 rings (SSSR count). The SMILES string of the molecule is CCC(CN(C)CCC(=O)O)c1ccccc1. The number of likely N-dealkylation sites (N-methyl/N-ethyl adjacent to an activating group) is 1. The summed E-state index contributed by atoms with van der Waals surface area (Å²) in [5.74, 6) is -0.250. The molecule has 0 aliphatic heterocycles. The number of hydrogen-bond donors (Lipinski definition) is 1. The lowest BCUT2D eigenvalue weighted by molar-refractivity contribution is -0.137. The molecule has 0 aliphatic rings. The van der Waals surface area contributed by atoms with Gasteiger partial charge in [0.15, 0.2) is 0 Å². The average Bonchev–Trinajstić information content (AvgIpc) is 2.34. The van der Waals surface area contributed by atoms with Crippen LogP contribution in [0.4, 0.5) is 0 Å². The molecule has 0 bridgehead atoms. The van der Waals surface area contributed by atoms with Crippen LogP contribution in [0.3, 0.4) is 0 Å². The summed E-state index contributed by atoms with van der Waals surface area (Å²) >= 11 is 0. The fourth-order valence-electron chi connectivity index (χ4n) is 1.95. The maximum Gasteiger partial charge on any atom is 0.304 e. The van der Waals surface area contributed by atoms with Crippen LogP contribution in [0.2, 0.25) is 0 Å². The Kier molecular flexibility index (Phi) is 5.70. The molecule has 0 aromatic heterocycles. The van der Waals surface area contributed by atoms with Crippen molar-refractivity contribution in [3.8, 4) is 0 Å². The van der Waals surface area contributed by atoms with E-state index < -0.39 is 5.97 Å². The molecule has 0 heterocycles. The normalized spacial score (nSPS) is 12.6. The summed E-state index contributed by atoms with van der Waals surface area (Å²) in [5, 5.41) is 8.64. The maximum absolute atomic E-state index is 10.5. The molecule has 0 spiro atoms. The predicted molar refractivity (Wildman–Crippen MR) is 69.2 cm³/mol. The van der Waals surface area contributed by atoms with Gasteiger partial charge in [-0.1, -0.05) is 37.3 Å². The van der Waals surface area contributed by atoms with E-state index in [1.165, 1.54) is 5.56 Å². The fourth-order valence-corrected chi connectivity index (χ4v) is 1.95. The topological polar surface area (TPSA) is 40.5 Å². The average molecular weight is 235 g/mol. The number of rotatable bonds is 7. The van der Waals surface area contributed by atoms with Crippen LogP contribution >= 0.6 is 0 Å². The van der Waals surface area contributed by atoms with Crippen LogP contribution in [0, 0.1) is 0 Å². The van der Waals surface area contributed by atoms with E-state index in [1.807, 2.05) is 13.1 Å². The molecule has 17 heavy (non-hydrogen) atoms. The fraction of sp³-hybridized carbons (Fsp3) is 0.500. The van der Waals surface area contributed by atoms with Crippen molar-refractivity contribution in [1.82, 2.24) is 4.90 Å². The Hall–Kier alpha value is -1.35. The lowest BCUT2D eigenvalue weighted by Crippen LogP contribution is -2.26. The molecule has 0 saturated heterocycles. The second kappa shape index (κ2) is 7.07. The van der Waals surface area contributed by atoms with E-state index in [0.29, 0.717) is 12.5 Å². The molecular formula is C14H21NO2. The monoisotopic (exact) mass is 235 g/mol. The lowest BCUT2D eigenvalue weighted by atomic mass is 9.96. The minimum Gasteiger partial charge on any atom is -0.481 e. The van der Waals surface area contributed by atoms with Crippen molar-refractivity contribution in [1.29, 1.82) is 0 Å². The van der Waals surface area contributed by atoms with Gasteiger partial charge in [0, 0.05) is 13.1 Å². The van der Waals surface area contributed by atoms with Crippen LogP contribution in [0.25, 0.3) is 0 Å². The first-order valence-electron chi connectivity index (χ1n) is 6.08. The first-order chi connectivity index (χ1) is 8.13. The van der Waals surface area contributed by atoms with Crippen LogP contribution in [0.5, 0.6) is 0 Å². The van der Waals surface area contributed by atoms with Crippen molar-refractivity contribution >= 4 is 5.97 Å². The van der Waals surface area contributed by atoms with E-state index in [1.54, 1.807) is 0 Å². The van der Waals surface area contributed by atoms with Gasteiger partial charge in [-0.3, -0.25) is 4.79 Å². The highest BCUT2D eigenvalue weighted by atomic mass is 16.4. The number of nitrogens with zero attached hydrogens (tertiary/aromatic N) is 1. The third-order valence-corrected chi connectivity index (χ3v) is 3.00. The summed E-state index contributed by atoms with van der Waals surface area (Å²) in [6.07, 6.45) is 1.28. The quantitative estimate of drug-likeness (QED) is 0.789. The molecule has 0 amide bonds. The molecule has 0 fully saturated rings. The summed E-state index contributed by atoms with van der Waals surface area (Å²) in [7, 11) is 1.98. The first-order valence-corrected chi connectivity index (χ1v) is 6.08. The number of aliphatic carboxylic acids is 1. The number of hydrogen-bond acceptors (Lipinski definition) is 2. The van der Waals surface area contributed by atoms with Gasteiger partial charge in [0.05, 0.1) is 6.42 Å². The Bertz CT molecular complexity index is 337. The van der Waals surface area contributed by atoms with Gasteiger partial charge in [-0.15, -0.1) is 0 Å². The van der Waals surface area contributed by atoms with Crippen molar-refractivity contribution in [3.63, 3.8) is 0 Å². The lowest BCUT2D eigenvalue weighted by Gasteiger charge is -2.23. The van der Waals surface area contributed by atoms with Crippen molar-refractivity contribution in [2.75, 3.05) is 20.1 Å². The summed E-state index contributed by atoms with van der Waals surface area (Å²) in [5.41, 5.74) is 1.33. The van der Waals surface area contributed by atoms with Gasteiger partial charge in [0.2, 0.25) is 0 Å². The largest absolute Gasteiger partial charge is 0.481 e. The zero-order chi connectivity index (χ0) is 12.7. The van der Waals surface area contributed by atoms with E-state index >= 15 is 0 Å². The molecule has 1 unspecified atom stereocenters. The smallest absolute Gasteiger partial charge is 0.304 e. The Morgan fingerprint density at radius 1 is 1.35 bits per heavy atom. The van der Waals surface area contributed by atoms with E-state index in [4.69, 9.17) is 5.11 Å². The zero-order valence-electron chi connectivity index (χ0n) is 10.6. The number of carboxylic acid groups (broad SMARTS) is 1. The number of carboxylic acids is 1. The molecule has 0 saturated carbocycles. The molecule has 1 atom stereocenters. The Morgan fingerprint density at radius 2 is 2.00 bits per heavy atom. The van der Waals surface area contributed by atoms with Gasteiger partial charge >= 0.3 is 5.97 Å². The van der Waals surface area contributed by atoms with Crippen LogP contribution in [-0.4, -0.2) is 36.1 Å². The van der Waals surface area contributed by atoms with E-state index in [2.05, 4.69) is 36.1 Å². The maximum atomic E-state index is 10.5. The Morgan fingerprint density at radius 3 is 2.53 bits per heavy atom. The van der Waals surface area contributed by atoms with Crippen molar-refractivity contribution < 1.29 is 9.90 Å². The minimum absolute atomic E-state index is 0.210. The van der Waals surface area contributed by atoms with Crippen LogP contribution in [0.1, 0.15) is 31.2 Å². The highest BCUT2D eigenvalue weighted by molar-refractivity contribution is 5.66. The molecule has 0 aliphatic carbocycles. The predicted octanol–water partition coefficient (Wildman–Crippen LogP) is 2.59. The molecule has 1 aromatic rings. The van der Waals surface area contributed by atoms with Gasteiger partial charge < -0.3 is 10.0 Å². The summed E-state index contributed by atoms with van der Waals surface area (Å²) in [6, 6.07) is 10.4. The second-order valence-corrected chi connectivity index (χ2v) is 4.42. The highest BCUT2D eigenvalue weighted by Gasteiger charge is 2.12. The molecule has 1 N–H and O–H groups in total. The third-order valence-electron chi connectivity index (χ3n) is 3.00.